The second-order valence-electron chi connectivity index (χ2n) is 8.49. The number of halogens is 1. The van der Waals surface area contributed by atoms with Crippen molar-refractivity contribution in [1.82, 2.24) is 9.80 Å². The number of anilines is 1. The van der Waals surface area contributed by atoms with E-state index in [-0.39, 0.29) is 0 Å². The van der Waals surface area contributed by atoms with Gasteiger partial charge in [-0.15, -0.1) is 0 Å². The van der Waals surface area contributed by atoms with Gasteiger partial charge in [0.15, 0.2) is 0 Å². The normalized spacial score (nSPS) is 19.8. The van der Waals surface area contributed by atoms with E-state index in [0.717, 1.165) is 50.8 Å². The first kappa shape index (κ1) is 19.6. The summed E-state index contributed by atoms with van der Waals surface area (Å²) in [7, 11) is 0. The predicted octanol–water partition coefficient (Wildman–Crippen LogP) is 5.05. The summed E-state index contributed by atoms with van der Waals surface area (Å²) in [5, 5.41) is 0.801. The van der Waals surface area contributed by atoms with Crippen LogP contribution in [0.5, 0.6) is 0 Å². The average molecular weight is 418 g/mol. The summed E-state index contributed by atoms with van der Waals surface area (Å²) in [6.45, 7) is 7.34. The number of benzene rings is 3. The van der Waals surface area contributed by atoms with Gasteiger partial charge in [-0.1, -0.05) is 72.3 Å². The van der Waals surface area contributed by atoms with E-state index >= 15 is 0 Å². The molecule has 0 bridgehead atoms. The molecule has 1 fully saturated rings. The molecule has 0 saturated carbocycles. The van der Waals surface area contributed by atoms with Crippen LogP contribution in [-0.2, 0) is 19.6 Å². The van der Waals surface area contributed by atoms with Gasteiger partial charge in [0.25, 0.3) is 0 Å². The molecule has 2 aliphatic heterocycles. The smallest absolute Gasteiger partial charge is 0.0545 e. The molecule has 0 spiro atoms. The first-order valence-electron chi connectivity index (χ1n) is 10.8. The van der Waals surface area contributed by atoms with E-state index in [9.17, 15) is 0 Å². The number of piperazine rings is 1. The standard InChI is InChI=1S/C26H28ClN3/c27-24-12-10-22(11-13-24)17-29-18-23-8-4-5-9-26(23)30-15-14-28(19-25(30)20-29)16-21-6-2-1-3-7-21/h1-13,25H,14-20H2. The lowest BCUT2D eigenvalue weighted by atomic mass is 10.1. The summed E-state index contributed by atoms with van der Waals surface area (Å²) in [4.78, 5) is 7.86. The Morgan fingerprint density at radius 1 is 0.700 bits per heavy atom. The quantitative estimate of drug-likeness (QED) is 0.588. The molecule has 3 aromatic rings. The Labute approximate surface area is 184 Å². The van der Waals surface area contributed by atoms with E-state index in [0.29, 0.717) is 6.04 Å². The zero-order chi connectivity index (χ0) is 20.3. The minimum absolute atomic E-state index is 0.499. The predicted molar refractivity (Wildman–Crippen MR) is 125 cm³/mol. The third-order valence-electron chi connectivity index (χ3n) is 6.30. The van der Waals surface area contributed by atoms with Crippen molar-refractivity contribution in [3.05, 3.63) is 101 Å². The molecule has 30 heavy (non-hydrogen) atoms. The van der Waals surface area contributed by atoms with Crippen molar-refractivity contribution in [3.63, 3.8) is 0 Å². The SMILES string of the molecule is Clc1ccc(CN2Cc3ccccc3N3CCN(Cc4ccccc4)CC3C2)cc1. The lowest BCUT2D eigenvalue weighted by Gasteiger charge is -2.43. The highest BCUT2D eigenvalue weighted by atomic mass is 35.5. The zero-order valence-corrected chi connectivity index (χ0v) is 18.0. The third-order valence-corrected chi connectivity index (χ3v) is 6.55. The van der Waals surface area contributed by atoms with E-state index in [1.807, 2.05) is 12.1 Å². The molecule has 5 rings (SSSR count). The van der Waals surface area contributed by atoms with E-state index < -0.39 is 0 Å². The van der Waals surface area contributed by atoms with Crippen LogP contribution < -0.4 is 4.90 Å². The van der Waals surface area contributed by atoms with Gasteiger partial charge in [0, 0.05) is 56.5 Å². The molecule has 2 aliphatic rings. The molecule has 2 heterocycles. The Morgan fingerprint density at radius 3 is 2.20 bits per heavy atom. The van der Waals surface area contributed by atoms with Gasteiger partial charge < -0.3 is 4.90 Å². The molecule has 0 aromatic heterocycles. The molecular formula is C26H28ClN3. The molecule has 154 valence electrons. The van der Waals surface area contributed by atoms with Crippen molar-refractivity contribution in [2.24, 2.45) is 0 Å². The Balaban J connectivity index is 1.37. The van der Waals surface area contributed by atoms with Crippen LogP contribution in [0.4, 0.5) is 5.69 Å². The number of para-hydroxylation sites is 1. The zero-order valence-electron chi connectivity index (χ0n) is 17.3. The minimum atomic E-state index is 0.499. The lowest BCUT2D eigenvalue weighted by Crippen LogP contribution is -2.55. The highest BCUT2D eigenvalue weighted by Crippen LogP contribution is 2.31. The molecule has 4 heteroatoms. The molecule has 3 aromatic carbocycles. The first-order valence-corrected chi connectivity index (χ1v) is 11.2. The Kier molecular flexibility index (Phi) is 5.76. The van der Waals surface area contributed by atoms with Gasteiger partial charge in [-0.05, 0) is 34.9 Å². The fourth-order valence-electron chi connectivity index (χ4n) is 4.87. The van der Waals surface area contributed by atoms with Gasteiger partial charge in [-0.3, -0.25) is 9.80 Å². The number of rotatable bonds is 4. The summed E-state index contributed by atoms with van der Waals surface area (Å²) in [6, 6.07) is 28.6. The fraction of sp³-hybridized carbons (Fsp3) is 0.308. The molecule has 1 atom stereocenters. The van der Waals surface area contributed by atoms with Crippen LogP contribution >= 0.6 is 11.6 Å². The summed E-state index contributed by atoms with van der Waals surface area (Å²) in [6.07, 6.45) is 0. The van der Waals surface area contributed by atoms with Crippen LogP contribution in [0.25, 0.3) is 0 Å². The second kappa shape index (κ2) is 8.81. The largest absolute Gasteiger partial charge is 0.364 e. The topological polar surface area (TPSA) is 9.72 Å². The van der Waals surface area contributed by atoms with Crippen LogP contribution in [0.1, 0.15) is 16.7 Å². The van der Waals surface area contributed by atoms with Gasteiger partial charge in [0.2, 0.25) is 0 Å². The molecule has 1 saturated heterocycles. The van der Waals surface area contributed by atoms with Crippen molar-refractivity contribution in [1.29, 1.82) is 0 Å². The van der Waals surface area contributed by atoms with E-state index in [1.165, 1.54) is 22.4 Å². The maximum Gasteiger partial charge on any atom is 0.0545 e. The Bertz CT molecular complexity index is 973. The molecule has 1 unspecified atom stereocenters. The maximum absolute atomic E-state index is 6.10. The van der Waals surface area contributed by atoms with Crippen molar-refractivity contribution in [2.45, 2.75) is 25.7 Å². The van der Waals surface area contributed by atoms with Crippen molar-refractivity contribution in [2.75, 3.05) is 31.1 Å². The molecule has 0 aliphatic carbocycles. The summed E-state index contributed by atoms with van der Waals surface area (Å²) in [5.74, 6) is 0. The van der Waals surface area contributed by atoms with Crippen LogP contribution in [0.2, 0.25) is 5.02 Å². The highest BCUT2D eigenvalue weighted by Gasteiger charge is 2.32. The average Bonchev–Trinajstić information content (AvgIpc) is 2.92. The van der Waals surface area contributed by atoms with E-state index in [2.05, 4.69) is 81.4 Å². The minimum Gasteiger partial charge on any atom is -0.364 e. The van der Waals surface area contributed by atoms with E-state index in [4.69, 9.17) is 11.6 Å². The summed E-state index contributed by atoms with van der Waals surface area (Å²) >= 11 is 6.10. The van der Waals surface area contributed by atoms with Crippen molar-refractivity contribution < 1.29 is 0 Å². The lowest BCUT2D eigenvalue weighted by molar-refractivity contribution is 0.172. The Hall–Kier alpha value is -2.33. The van der Waals surface area contributed by atoms with Crippen LogP contribution in [0.3, 0.4) is 0 Å². The van der Waals surface area contributed by atoms with Crippen LogP contribution in [0, 0.1) is 0 Å². The van der Waals surface area contributed by atoms with Crippen LogP contribution in [-0.4, -0.2) is 42.0 Å². The van der Waals surface area contributed by atoms with Gasteiger partial charge in [-0.2, -0.15) is 0 Å². The van der Waals surface area contributed by atoms with Gasteiger partial charge >= 0.3 is 0 Å². The van der Waals surface area contributed by atoms with Gasteiger partial charge in [0.1, 0.15) is 0 Å². The molecular weight excluding hydrogens is 390 g/mol. The summed E-state index contributed by atoms with van der Waals surface area (Å²) in [5.41, 5.74) is 5.58. The maximum atomic E-state index is 6.10. The third kappa shape index (κ3) is 4.39. The molecule has 0 N–H and O–H groups in total. The Morgan fingerprint density at radius 2 is 1.37 bits per heavy atom. The molecule has 0 radical (unpaired) electrons. The monoisotopic (exact) mass is 417 g/mol. The van der Waals surface area contributed by atoms with Gasteiger partial charge in [0.05, 0.1) is 6.04 Å². The first-order chi connectivity index (χ1) is 14.7. The molecule has 0 amide bonds. The van der Waals surface area contributed by atoms with Crippen molar-refractivity contribution in [3.8, 4) is 0 Å². The van der Waals surface area contributed by atoms with E-state index in [1.54, 1.807) is 0 Å². The number of hydrogen-bond donors (Lipinski definition) is 0. The van der Waals surface area contributed by atoms with Crippen LogP contribution in [0.15, 0.2) is 78.9 Å². The molecule has 3 nitrogen and oxygen atoms in total. The summed E-state index contributed by atoms with van der Waals surface area (Å²) < 4.78 is 0. The number of fused-ring (bicyclic) bond motifs is 3. The second-order valence-corrected chi connectivity index (χ2v) is 8.93. The number of nitrogens with zero attached hydrogens (tertiary/aromatic N) is 3. The van der Waals surface area contributed by atoms with Crippen molar-refractivity contribution >= 4 is 17.3 Å². The fourth-order valence-corrected chi connectivity index (χ4v) is 5.00. The number of hydrogen-bond acceptors (Lipinski definition) is 3. The highest BCUT2D eigenvalue weighted by molar-refractivity contribution is 6.30. The van der Waals surface area contributed by atoms with Gasteiger partial charge in [-0.25, -0.2) is 0 Å².